The zero-order valence-corrected chi connectivity index (χ0v) is 8.94. The van der Waals surface area contributed by atoms with E-state index >= 15 is 0 Å². The van der Waals surface area contributed by atoms with Gasteiger partial charge in [0.2, 0.25) is 5.91 Å². The van der Waals surface area contributed by atoms with Gasteiger partial charge >= 0.3 is 0 Å². The number of nitrogens with zero attached hydrogens (tertiary/aromatic N) is 3. The van der Waals surface area contributed by atoms with Crippen molar-refractivity contribution in [3.63, 3.8) is 0 Å². The summed E-state index contributed by atoms with van der Waals surface area (Å²) in [6.45, 7) is 0.611. The largest absolute Gasteiger partial charge is 0.394 e. The molecule has 14 heavy (non-hydrogen) atoms. The monoisotopic (exact) mass is 256 g/mol. The molecule has 2 N–H and O–H groups in total. The molecule has 1 aliphatic heterocycles. The van der Waals surface area contributed by atoms with E-state index in [1.807, 2.05) is 0 Å². The van der Waals surface area contributed by atoms with Crippen molar-refractivity contribution in [3.05, 3.63) is 12.5 Å². The highest BCUT2D eigenvalue weighted by atomic mass is 79.9. The van der Waals surface area contributed by atoms with E-state index in [4.69, 9.17) is 5.73 Å². The molecule has 2 heterocycles. The Bertz CT molecular complexity index is 370. The molecule has 0 spiro atoms. The van der Waals surface area contributed by atoms with Crippen LogP contribution in [0.4, 0.5) is 11.5 Å². The molecular formula is C8H9BrN4O. The molecule has 1 unspecified atom stereocenters. The summed E-state index contributed by atoms with van der Waals surface area (Å²) >= 11 is 3.39. The van der Waals surface area contributed by atoms with Crippen LogP contribution < -0.4 is 10.6 Å². The average molecular weight is 257 g/mol. The molecule has 1 atom stereocenters. The van der Waals surface area contributed by atoms with Crippen LogP contribution in [-0.2, 0) is 4.79 Å². The number of anilines is 2. The topological polar surface area (TPSA) is 72.1 Å². The number of nitrogens with two attached hydrogens (primary N) is 1. The number of alkyl halides is 1. The van der Waals surface area contributed by atoms with E-state index in [9.17, 15) is 4.79 Å². The summed E-state index contributed by atoms with van der Waals surface area (Å²) in [6, 6.07) is 0. The molecule has 1 aromatic rings. The van der Waals surface area contributed by atoms with Gasteiger partial charge in [-0.05, 0) is 0 Å². The van der Waals surface area contributed by atoms with Gasteiger partial charge in [-0.25, -0.2) is 9.97 Å². The first-order chi connectivity index (χ1) is 6.68. The fourth-order valence-electron chi connectivity index (χ4n) is 1.43. The third-order valence-electron chi connectivity index (χ3n) is 2.05. The SMILES string of the molecule is Nc1cncnc1N1CC(Br)CC1=O. The van der Waals surface area contributed by atoms with Crippen LogP contribution in [0.3, 0.4) is 0 Å². The second-order valence-corrected chi connectivity index (χ2v) is 4.40. The van der Waals surface area contributed by atoms with Crippen molar-refractivity contribution in [2.24, 2.45) is 0 Å². The maximum absolute atomic E-state index is 11.5. The normalized spacial score (nSPS) is 21.6. The lowest BCUT2D eigenvalue weighted by Crippen LogP contribution is -2.26. The van der Waals surface area contributed by atoms with E-state index in [0.717, 1.165) is 0 Å². The molecule has 6 heteroatoms. The maximum atomic E-state index is 11.5. The number of hydrogen-bond donors (Lipinski definition) is 1. The Kier molecular flexibility index (Phi) is 2.37. The van der Waals surface area contributed by atoms with E-state index in [1.54, 1.807) is 4.90 Å². The molecule has 0 saturated carbocycles. The van der Waals surface area contributed by atoms with Gasteiger partial charge in [-0.3, -0.25) is 9.69 Å². The highest BCUT2D eigenvalue weighted by Crippen LogP contribution is 2.26. The minimum absolute atomic E-state index is 0.0391. The lowest BCUT2D eigenvalue weighted by Gasteiger charge is -2.15. The van der Waals surface area contributed by atoms with Crippen LogP contribution in [0.2, 0.25) is 0 Å². The van der Waals surface area contributed by atoms with E-state index in [0.29, 0.717) is 24.5 Å². The lowest BCUT2D eigenvalue weighted by molar-refractivity contribution is -0.117. The number of halogens is 1. The average Bonchev–Trinajstić information content (AvgIpc) is 2.46. The Morgan fingerprint density at radius 3 is 3.00 bits per heavy atom. The molecule has 74 valence electrons. The van der Waals surface area contributed by atoms with Crippen LogP contribution in [0.25, 0.3) is 0 Å². The first-order valence-electron chi connectivity index (χ1n) is 4.18. The van der Waals surface area contributed by atoms with Gasteiger partial charge in [0.15, 0.2) is 5.82 Å². The predicted molar refractivity (Wildman–Crippen MR) is 56.1 cm³/mol. The number of rotatable bonds is 1. The summed E-state index contributed by atoms with van der Waals surface area (Å²) in [6.07, 6.45) is 3.38. The third kappa shape index (κ3) is 1.57. The highest BCUT2D eigenvalue weighted by Gasteiger charge is 2.30. The van der Waals surface area contributed by atoms with Crippen molar-refractivity contribution in [1.82, 2.24) is 9.97 Å². The number of aromatic nitrogens is 2. The van der Waals surface area contributed by atoms with Crippen molar-refractivity contribution >= 4 is 33.3 Å². The number of carbonyl (C=O) groups excluding carboxylic acids is 1. The van der Waals surface area contributed by atoms with Crippen molar-refractivity contribution < 1.29 is 4.79 Å². The number of carbonyl (C=O) groups is 1. The van der Waals surface area contributed by atoms with Gasteiger partial charge in [0.1, 0.15) is 6.33 Å². The number of hydrogen-bond acceptors (Lipinski definition) is 4. The molecule has 1 fully saturated rings. The first kappa shape index (κ1) is 9.39. The zero-order chi connectivity index (χ0) is 10.1. The van der Waals surface area contributed by atoms with Crippen LogP contribution in [0, 0.1) is 0 Å². The van der Waals surface area contributed by atoms with E-state index in [-0.39, 0.29) is 10.7 Å². The lowest BCUT2D eigenvalue weighted by atomic mass is 10.4. The van der Waals surface area contributed by atoms with Gasteiger partial charge in [-0.15, -0.1) is 0 Å². The molecule has 1 amide bonds. The fourth-order valence-corrected chi connectivity index (χ4v) is 1.99. The summed E-state index contributed by atoms with van der Waals surface area (Å²) in [5.41, 5.74) is 6.11. The third-order valence-corrected chi connectivity index (χ3v) is 2.67. The number of nitrogen functional groups attached to an aromatic ring is 1. The molecule has 1 aliphatic rings. The minimum atomic E-state index is 0.0391. The van der Waals surface area contributed by atoms with Gasteiger partial charge in [-0.2, -0.15) is 0 Å². The van der Waals surface area contributed by atoms with Crippen molar-refractivity contribution in [2.45, 2.75) is 11.2 Å². The second-order valence-electron chi connectivity index (χ2n) is 3.11. The predicted octanol–water partition coefficient (Wildman–Crippen LogP) is 0.559. The second kappa shape index (κ2) is 3.53. The first-order valence-corrected chi connectivity index (χ1v) is 5.10. The maximum Gasteiger partial charge on any atom is 0.229 e. The summed E-state index contributed by atoms with van der Waals surface area (Å²) in [5, 5.41) is 0. The van der Waals surface area contributed by atoms with Crippen LogP contribution in [0.1, 0.15) is 6.42 Å². The summed E-state index contributed by atoms with van der Waals surface area (Å²) in [7, 11) is 0. The van der Waals surface area contributed by atoms with Gasteiger partial charge in [0.05, 0.1) is 11.9 Å². The van der Waals surface area contributed by atoms with Crippen LogP contribution in [0.15, 0.2) is 12.5 Å². The van der Waals surface area contributed by atoms with Crippen LogP contribution in [-0.4, -0.2) is 27.2 Å². The Morgan fingerprint density at radius 1 is 1.64 bits per heavy atom. The number of amides is 1. The standard InChI is InChI=1S/C8H9BrN4O/c9-5-1-7(14)13(3-5)8-6(10)2-11-4-12-8/h2,4-5H,1,3,10H2. The zero-order valence-electron chi connectivity index (χ0n) is 7.35. The van der Waals surface area contributed by atoms with Gasteiger partial charge < -0.3 is 5.73 Å². The molecule has 1 saturated heterocycles. The van der Waals surface area contributed by atoms with E-state index in [2.05, 4.69) is 25.9 Å². The Labute approximate surface area is 89.5 Å². The Balaban J connectivity index is 2.32. The van der Waals surface area contributed by atoms with Crippen molar-refractivity contribution in [3.8, 4) is 0 Å². The molecule has 5 nitrogen and oxygen atoms in total. The van der Waals surface area contributed by atoms with Crippen molar-refractivity contribution in [2.75, 3.05) is 17.2 Å². The quantitative estimate of drug-likeness (QED) is 0.746. The Hall–Kier alpha value is -1.17. The van der Waals surface area contributed by atoms with Crippen LogP contribution >= 0.6 is 15.9 Å². The smallest absolute Gasteiger partial charge is 0.229 e. The highest BCUT2D eigenvalue weighted by molar-refractivity contribution is 9.09. The minimum Gasteiger partial charge on any atom is -0.394 e. The van der Waals surface area contributed by atoms with Crippen LogP contribution in [0.5, 0.6) is 0 Å². The molecule has 0 radical (unpaired) electrons. The van der Waals surface area contributed by atoms with E-state index in [1.165, 1.54) is 12.5 Å². The van der Waals surface area contributed by atoms with Gasteiger partial charge in [-0.1, -0.05) is 15.9 Å². The Morgan fingerprint density at radius 2 is 2.43 bits per heavy atom. The summed E-state index contributed by atoms with van der Waals surface area (Å²) in [4.78, 5) is 21.0. The van der Waals surface area contributed by atoms with Gasteiger partial charge in [0, 0.05) is 17.8 Å². The van der Waals surface area contributed by atoms with Crippen molar-refractivity contribution in [1.29, 1.82) is 0 Å². The molecule has 0 bridgehead atoms. The molecule has 0 aromatic carbocycles. The summed E-state index contributed by atoms with van der Waals surface area (Å²) < 4.78 is 0. The van der Waals surface area contributed by atoms with E-state index < -0.39 is 0 Å². The van der Waals surface area contributed by atoms with Gasteiger partial charge in [0.25, 0.3) is 0 Å². The molecule has 0 aliphatic carbocycles. The summed E-state index contributed by atoms with van der Waals surface area (Å²) in [5.74, 6) is 0.546. The fraction of sp³-hybridized carbons (Fsp3) is 0.375. The molecular weight excluding hydrogens is 248 g/mol. The molecule has 2 rings (SSSR count). The molecule has 1 aromatic heterocycles.